The van der Waals surface area contributed by atoms with Gasteiger partial charge in [0, 0.05) is 32.1 Å². The molecule has 0 bridgehead atoms. The number of para-hydroxylation sites is 2. The third-order valence-electron chi connectivity index (χ3n) is 5.29. The lowest BCUT2D eigenvalue weighted by atomic mass is 9.79. The van der Waals surface area contributed by atoms with Crippen molar-refractivity contribution < 1.29 is 14.3 Å². The molecule has 136 valence electrons. The first-order chi connectivity index (χ1) is 11.8. The van der Waals surface area contributed by atoms with Crippen molar-refractivity contribution >= 4 is 17.5 Å². The van der Waals surface area contributed by atoms with Gasteiger partial charge in [-0.3, -0.25) is 9.59 Å². The summed E-state index contributed by atoms with van der Waals surface area (Å²) in [5, 5.41) is 0. The Morgan fingerprint density at radius 3 is 2.80 bits per heavy atom. The van der Waals surface area contributed by atoms with E-state index in [1.165, 1.54) is 0 Å². The molecule has 2 amide bonds. The summed E-state index contributed by atoms with van der Waals surface area (Å²) in [5.41, 5.74) is 6.80. The Labute approximate surface area is 148 Å². The molecule has 2 aliphatic rings. The summed E-state index contributed by atoms with van der Waals surface area (Å²) in [7, 11) is 0. The highest BCUT2D eigenvalue weighted by Crippen LogP contribution is 2.34. The number of fused-ring (bicyclic) bond motifs is 1. The largest absolute Gasteiger partial charge is 0.479 e. The zero-order chi connectivity index (χ0) is 18.2. The monoisotopic (exact) mass is 345 g/mol. The van der Waals surface area contributed by atoms with Crippen LogP contribution in [0.25, 0.3) is 0 Å². The Bertz CT molecular complexity index is 674. The van der Waals surface area contributed by atoms with Gasteiger partial charge in [0.2, 0.25) is 5.91 Å². The van der Waals surface area contributed by atoms with E-state index >= 15 is 0 Å². The number of anilines is 1. The molecule has 1 aromatic rings. The van der Waals surface area contributed by atoms with Crippen LogP contribution in [0.15, 0.2) is 24.3 Å². The number of hydrogen-bond acceptors (Lipinski definition) is 4. The maximum Gasteiger partial charge on any atom is 0.267 e. The fourth-order valence-corrected chi connectivity index (χ4v) is 3.54. The van der Waals surface area contributed by atoms with Crippen LogP contribution in [0.1, 0.15) is 33.6 Å². The van der Waals surface area contributed by atoms with Gasteiger partial charge >= 0.3 is 0 Å². The van der Waals surface area contributed by atoms with Gasteiger partial charge in [0.05, 0.1) is 5.69 Å². The van der Waals surface area contributed by atoms with E-state index in [4.69, 9.17) is 10.5 Å². The summed E-state index contributed by atoms with van der Waals surface area (Å²) in [6, 6.07) is 7.57. The van der Waals surface area contributed by atoms with Crippen LogP contribution >= 0.6 is 0 Å². The molecule has 2 N–H and O–H groups in total. The van der Waals surface area contributed by atoms with Crippen molar-refractivity contribution in [3.63, 3.8) is 0 Å². The number of benzene rings is 1. The molecule has 0 aliphatic carbocycles. The third-order valence-corrected chi connectivity index (χ3v) is 5.29. The van der Waals surface area contributed by atoms with Gasteiger partial charge in [-0.15, -0.1) is 0 Å². The molecular weight excluding hydrogens is 318 g/mol. The van der Waals surface area contributed by atoms with E-state index in [1.807, 2.05) is 29.2 Å². The Balaban J connectivity index is 1.67. The highest BCUT2D eigenvalue weighted by molar-refractivity contribution is 6.00. The average molecular weight is 345 g/mol. The van der Waals surface area contributed by atoms with Gasteiger partial charge in [0.25, 0.3) is 5.91 Å². The van der Waals surface area contributed by atoms with E-state index in [1.54, 1.807) is 11.8 Å². The molecule has 25 heavy (non-hydrogen) atoms. The van der Waals surface area contributed by atoms with Crippen LogP contribution in [-0.2, 0) is 9.59 Å². The zero-order valence-corrected chi connectivity index (χ0v) is 15.2. The van der Waals surface area contributed by atoms with Crippen LogP contribution in [0.3, 0.4) is 0 Å². The number of piperidine rings is 1. The van der Waals surface area contributed by atoms with E-state index in [0.717, 1.165) is 12.1 Å². The minimum Gasteiger partial charge on any atom is -0.479 e. The molecule has 1 aromatic carbocycles. The number of hydrogen-bond donors (Lipinski definition) is 1. The minimum absolute atomic E-state index is 0.0735. The van der Waals surface area contributed by atoms with E-state index < -0.39 is 6.10 Å². The number of ether oxygens (including phenoxy) is 1. The summed E-state index contributed by atoms with van der Waals surface area (Å²) in [5.74, 6) is 0.657. The average Bonchev–Trinajstić information content (AvgIpc) is 2.57. The molecule has 2 unspecified atom stereocenters. The summed E-state index contributed by atoms with van der Waals surface area (Å²) in [6.07, 6.45) is 0.588. The van der Waals surface area contributed by atoms with Crippen LogP contribution in [0.5, 0.6) is 5.75 Å². The molecule has 3 rings (SSSR count). The van der Waals surface area contributed by atoms with Crippen molar-refractivity contribution in [3.05, 3.63) is 24.3 Å². The summed E-state index contributed by atoms with van der Waals surface area (Å²) >= 11 is 0. The summed E-state index contributed by atoms with van der Waals surface area (Å²) in [4.78, 5) is 28.7. The van der Waals surface area contributed by atoms with Crippen molar-refractivity contribution in [2.45, 2.75) is 45.8 Å². The fourth-order valence-electron chi connectivity index (χ4n) is 3.54. The zero-order valence-electron chi connectivity index (χ0n) is 15.2. The quantitative estimate of drug-likeness (QED) is 0.906. The number of rotatable bonds is 3. The van der Waals surface area contributed by atoms with E-state index in [9.17, 15) is 9.59 Å². The fraction of sp³-hybridized carbons (Fsp3) is 0.579. The lowest BCUT2D eigenvalue weighted by Crippen LogP contribution is -2.54. The van der Waals surface area contributed by atoms with Crippen molar-refractivity contribution in [2.75, 3.05) is 24.5 Å². The second-order valence-corrected chi connectivity index (χ2v) is 7.67. The number of nitrogens with zero attached hydrogens (tertiary/aromatic N) is 2. The summed E-state index contributed by atoms with van der Waals surface area (Å²) < 4.78 is 5.64. The standard InChI is InChI=1S/C19H27N3O3/c1-13-18(24)22(14-6-4-5-7-15(14)25-13)11-9-17(23)21-10-8-16(20)19(2,3)12-21/h4-7,13,16H,8-12,20H2,1-3H3. The first-order valence-electron chi connectivity index (χ1n) is 8.90. The number of amides is 2. The molecule has 1 saturated heterocycles. The summed E-state index contributed by atoms with van der Waals surface area (Å²) in [6.45, 7) is 7.65. The second-order valence-electron chi connectivity index (χ2n) is 7.67. The van der Waals surface area contributed by atoms with Crippen LogP contribution in [0.4, 0.5) is 5.69 Å². The highest BCUT2D eigenvalue weighted by atomic mass is 16.5. The van der Waals surface area contributed by atoms with Gasteiger partial charge in [-0.05, 0) is 30.9 Å². The molecule has 0 saturated carbocycles. The smallest absolute Gasteiger partial charge is 0.267 e. The van der Waals surface area contributed by atoms with Crippen molar-refractivity contribution in [1.29, 1.82) is 0 Å². The van der Waals surface area contributed by atoms with Gasteiger partial charge in [0.15, 0.2) is 6.10 Å². The van der Waals surface area contributed by atoms with E-state index in [2.05, 4.69) is 13.8 Å². The van der Waals surface area contributed by atoms with Gasteiger partial charge in [0.1, 0.15) is 5.75 Å². The SMILES string of the molecule is CC1Oc2ccccc2N(CCC(=O)N2CCC(N)C(C)(C)C2)C1=O. The molecule has 6 nitrogen and oxygen atoms in total. The highest BCUT2D eigenvalue weighted by Gasteiger charge is 2.36. The van der Waals surface area contributed by atoms with Crippen LogP contribution in [0, 0.1) is 5.41 Å². The predicted octanol–water partition coefficient (Wildman–Crippen LogP) is 1.78. The van der Waals surface area contributed by atoms with Crippen molar-refractivity contribution in [3.8, 4) is 5.75 Å². The molecule has 6 heteroatoms. The normalized spacial score (nSPS) is 25.4. The Kier molecular flexibility index (Phi) is 4.73. The molecule has 2 atom stereocenters. The number of nitrogens with two attached hydrogens (primary N) is 1. The number of likely N-dealkylation sites (tertiary alicyclic amines) is 1. The van der Waals surface area contributed by atoms with Crippen LogP contribution < -0.4 is 15.4 Å². The van der Waals surface area contributed by atoms with Gasteiger partial charge in [-0.25, -0.2) is 0 Å². The molecule has 2 aliphatic heterocycles. The lowest BCUT2D eigenvalue weighted by molar-refractivity contribution is -0.134. The molecular formula is C19H27N3O3. The Morgan fingerprint density at radius 2 is 2.08 bits per heavy atom. The van der Waals surface area contributed by atoms with Gasteiger partial charge in [-0.1, -0.05) is 26.0 Å². The van der Waals surface area contributed by atoms with Crippen molar-refractivity contribution in [1.82, 2.24) is 4.90 Å². The third kappa shape index (κ3) is 3.49. The predicted molar refractivity (Wildman–Crippen MR) is 96.5 cm³/mol. The maximum atomic E-state index is 12.7. The first kappa shape index (κ1) is 17.7. The van der Waals surface area contributed by atoms with Crippen molar-refractivity contribution in [2.24, 2.45) is 11.1 Å². The maximum absolute atomic E-state index is 12.7. The minimum atomic E-state index is -0.531. The van der Waals surface area contributed by atoms with Crippen LogP contribution in [0.2, 0.25) is 0 Å². The lowest BCUT2D eigenvalue weighted by Gasteiger charge is -2.43. The van der Waals surface area contributed by atoms with E-state index in [-0.39, 0.29) is 23.3 Å². The number of carbonyl (C=O) groups is 2. The molecule has 1 fully saturated rings. The molecule has 0 aromatic heterocycles. The van der Waals surface area contributed by atoms with Gasteiger partial charge in [-0.2, -0.15) is 0 Å². The molecule has 0 spiro atoms. The second kappa shape index (κ2) is 6.67. The molecule has 2 heterocycles. The van der Waals surface area contributed by atoms with Gasteiger partial charge < -0.3 is 20.3 Å². The molecule has 0 radical (unpaired) electrons. The van der Waals surface area contributed by atoms with Crippen LogP contribution in [-0.4, -0.2) is 48.5 Å². The number of carbonyl (C=O) groups excluding carboxylic acids is 2. The Hall–Kier alpha value is -2.08. The Morgan fingerprint density at radius 1 is 1.36 bits per heavy atom. The topological polar surface area (TPSA) is 75.9 Å². The van der Waals surface area contributed by atoms with E-state index in [0.29, 0.717) is 31.8 Å². The first-order valence-corrected chi connectivity index (χ1v) is 8.90.